The molecule has 2 atom stereocenters. The molecular formula is C48H33N3. The van der Waals surface area contributed by atoms with Crippen LogP contribution in [-0.2, 0) is 0 Å². The Morgan fingerprint density at radius 3 is 2.12 bits per heavy atom. The summed E-state index contributed by atoms with van der Waals surface area (Å²) < 4.78 is 0. The molecule has 10 rings (SSSR count). The second-order valence-corrected chi connectivity index (χ2v) is 13.8. The van der Waals surface area contributed by atoms with Crippen molar-refractivity contribution in [2.24, 2.45) is 5.41 Å². The van der Waals surface area contributed by atoms with Gasteiger partial charge in [-0.2, -0.15) is 0 Å². The van der Waals surface area contributed by atoms with Crippen LogP contribution in [0.2, 0.25) is 0 Å². The normalized spacial score (nSPS) is 17.7. The summed E-state index contributed by atoms with van der Waals surface area (Å²) in [6.07, 6.45) is 13.3. The van der Waals surface area contributed by atoms with Gasteiger partial charge in [0.2, 0.25) is 0 Å². The quantitative estimate of drug-likeness (QED) is 0.178. The number of aromatic nitrogens is 3. The molecule has 0 bridgehead atoms. The first kappa shape index (κ1) is 29.5. The summed E-state index contributed by atoms with van der Waals surface area (Å²) in [6, 6.07) is 49.6. The molecule has 3 nitrogen and oxygen atoms in total. The Morgan fingerprint density at radius 1 is 0.569 bits per heavy atom. The number of hydrogen-bond acceptors (Lipinski definition) is 3. The van der Waals surface area contributed by atoms with Gasteiger partial charge in [-0.3, -0.25) is 4.98 Å². The lowest BCUT2D eigenvalue weighted by Crippen LogP contribution is -2.29. The Morgan fingerprint density at radius 2 is 1.25 bits per heavy atom. The molecule has 0 spiro atoms. The second-order valence-electron chi connectivity index (χ2n) is 13.8. The van der Waals surface area contributed by atoms with Crippen molar-refractivity contribution in [1.29, 1.82) is 0 Å². The van der Waals surface area contributed by atoms with Gasteiger partial charge in [0, 0.05) is 39.6 Å². The lowest BCUT2D eigenvalue weighted by molar-refractivity contribution is 0.497. The fourth-order valence-corrected chi connectivity index (χ4v) is 8.25. The topological polar surface area (TPSA) is 38.7 Å². The summed E-state index contributed by atoms with van der Waals surface area (Å²) >= 11 is 0. The summed E-state index contributed by atoms with van der Waals surface area (Å²) in [6.45, 7) is 2.35. The molecule has 2 aliphatic rings. The van der Waals surface area contributed by atoms with Gasteiger partial charge in [0.25, 0.3) is 0 Å². The molecule has 2 heterocycles. The van der Waals surface area contributed by atoms with Gasteiger partial charge in [-0.1, -0.05) is 153 Å². The monoisotopic (exact) mass is 651 g/mol. The third-order valence-electron chi connectivity index (χ3n) is 10.9. The largest absolute Gasteiger partial charge is 0.256 e. The van der Waals surface area contributed by atoms with Crippen LogP contribution in [0, 0.1) is 5.41 Å². The van der Waals surface area contributed by atoms with Crippen LogP contribution >= 0.6 is 0 Å². The molecule has 0 amide bonds. The van der Waals surface area contributed by atoms with E-state index in [0.717, 1.165) is 39.2 Å². The number of rotatable bonds is 4. The van der Waals surface area contributed by atoms with Gasteiger partial charge >= 0.3 is 0 Å². The molecule has 0 fully saturated rings. The predicted octanol–water partition coefficient (Wildman–Crippen LogP) is 12.1. The lowest BCUT2D eigenvalue weighted by Gasteiger charge is -2.41. The zero-order chi connectivity index (χ0) is 33.9. The van der Waals surface area contributed by atoms with Crippen LogP contribution in [0.4, 0.5) is 0 Å². The third kappa shape index (κ3) is 4.77. The summed E-state index contributed by atoms with van der Waals surface area (Å²) in [5.74, 6) is 0.905. The van der Waals surface area contributed by atoms with Crippen LogP contribution in [0.5, 0.6) is 0 Å². The smallest absolute Gasteiger partial charge is 0.160 e. The fourth-order valence-electron chi connectivity index (χ4n) is 8.25. The number of allylic oxidation sites excluding steroid dienone is 5. The SMILES string of the molecule is CC12C=CC=CC1c1ccccc1C=C2c1cc(-c2cc3ccccc3c3ccccc23)nc(-c2ccc(-c3nccc4ccccc34)cc2)n1. The molecule has 2 aromatic heterocycles. The van der Waals surface area contributed by atoms with Crippen LogP contribution in [-0.4, -0.2) is 15.0 Å². The molecule has 240 valence electrons. The number of pyridine rings is 1. The number of benzene rings is 6. The van der Waals surface area contributed by atoms with E-state index < -0.39 is 0 Å². The van der Waals surface area contributed by atoms with Gasteiger partial charge in [-0.15, -0.1) is 0 Å². The van der Waals surface area contributed by atoms with Crippen molar-refractivity contribution >= 4 is 44.0 Å². The second kappa shape index (κ2) is 11.6. The van der Waals surface area contributed by atoms with Crippen LogP contribution < -0.4 is 0 Å². The number of fused-ring (bicyclic) bond motifs is 7. The number of hydrogen-bond donors (Lipinski definition) is 0. The minimum absolute atomic E-state index is 0.203. The van der Waals surface area contributed by atoms with Gasteiger partial charge in [-0.05, 0) is 67.9 Å². The average molecular weight is 652 g/mol. The average Bonchev–Trinajstić information content (AvgIpc) is 3.19. The lowest BCUT2D eigenvalue weighted by atomic mass is 9.62. The Kier molecular flexibility index (Phi) is 6.68. The minimum Gasteiger partial charge on any atom is -0.256 e. The van der Waals surface area contributed by atoms with E-state index in [1.165, 1.54) is 43.6 Å². The maximum Gasteiger partial charge on any atom is 0.160 e. The van der Waals surface area contributed by atoms with Crippen molar-refractivity contribution in [3.05, 3.63) is 187 Å². The fraction of sp³-hybridized carbons (Fsp3) is 0.0625. The van der Waals surface area contributed by atoms with Gasteiger partial charge in [0.15, 0.2) is 5.82 Å². The molecule has 8 aromatic rings. The highest BCUT2D eigenvalue weighted by atomic mass is 14.9. The first-order valence-corrected chi connectivity index (χ1v) is 17.6. The minimum atomic E-state index is -0.276. The maximum atomic E-state index is 5.40. The molecule has 51 heavy (non-hydrogen) atoms. The molecule has 0 N–H and O–H groups in total. The van der Waals surface area contributed by atoms with Gasteiger partial charge in [0.1, 0.15) is 0 Å². The van der Waals surface area contributed by atoms with Crippen molar-refractivity contribution in [3.8, 4) is 33.9 Å². The van der Waals surface area contributed by atoms with Crippen LogP contribution in [0.3, 0.4) is 0 Å². The van der Waals surface area contributed by atoms with E-state index >= 15 is 0 Å². The van der Waals surface area contributed by atoms with Gasteiger partial charge in [0.05, 0.1) is 17.1 Å². The van der Waals surface area contributed by atoms with E-state index in [2.05, 4.69) is 177 Å². The Balaban J connectivity index is 1.20. The molecule has 0 radical (unpaired) electrons. The highest BCUT2D eigenvalue weighted by molar-refractivity contribution is 6.13. The van der Waals surface area contributed by atoms with Crippen LogP contribution in [0.15, 0.2) is 170 Å². The van der Waals surface area contributed by atoms with Crippen LogP contribution in [0.1, 0.15) is 29.7 Å². The molecule has 6 aromatic carbocycles. The van der Waals surface area contributed by atoms with E-state index in [4.69, 9.17) is 15.0 Å². The zero-order valence-corrected chi connectivity index (χ0v) is 28.2. The maximum absolute atomic E-state index is 5.40. The Bertz CT molecular complexity index is 2770. The van der Waals surface area contributed by atoms with Crippen molar-refractivity contribution in [2.75, 3.05) is 0 Å². The molecule has 2 aliphatic carbocycles. The summed E-state index contributed by atoms with van der Waals surface area (Å²) in [7, 11) is 0. The summed E-state index contributed by atoms with van der Waals surface area (Å²) in [4.78, 5) is 15.5. The molecule has 3 heteroatoms. The predicted molar refractivity (Wildman–Crippen MR) is 212 cm³/mol. The molecule has 2 unspecified atom stereocenters. The zero-order valence-electron chi connectivity index (χ0n) is 28.2. The van der Waals surface area contributed by atoms with Gasteiger partial charge in [-0.25, -0.2) is 9.97 Å². The van der Waals surface area contributed by atoms with Crippen molar-refractivity contribution in [1.82, 2.24) is 15.0 Å². The summed E-state index contributed by atoms with van der Waals surface area (Å²) in [5.41, 5.74) is 9.44. The van der Waals surface area contributed by atoms with E-state index in [1.54, 1.807) is 0 Å². The highest BCUT2D eigenvalue weighted by Gasteiger charge is 2.41. The van der Waals surface area contributed by atoms with Crippen LogP contribution in [0.25, 0.3) is 77.9 Å². The summed E-state index contributed by atoms with van der Waals surface area (Å²) in [5, 5.41) is 7.14. The Hall–Kier alpha value is -6.45. The first-order valence-electron chi connectivity index (χ1n) is 17.6. The number of nitrogens with zero attached hydrogens (tertiary/aromatic N) is 3. The Labute approximate surface area is 297 Å². The van der Waals surface area contributed by atoms with E-state index in [1.807, 2.05) is 6.20 Å². The first-order chi connectivity index (χ1) is 25.1. The molecule has 0 saturated carbocycles. The molecule has 0 saturated heterocycles. The van der Waals surface area contributed by atoms with E-state index in [-0.39, 0.29) is 11.3 Å². The molecular weight excluding hydrogens is 619 g/mol. The van der Waals surface area contributed by atoms with Gasteiger partial charge < -0.3 is 0 Å². The highest BCUT2D eigenvalue weighted by Crippen LogP contribution is 2.54. The van der Waals surface area contributed by atoms with Crippen molar-refractivity contribution < 1.29 is 0 Å². The standard InChI is InChI=1S/C48H33N3/c1-48-26-11-10-20-42(48)37-16-6-4-14-35(37)29-43(48)45-30-44(41-28-34-13-3-5-15-36(34)39-18-8-9-19-40(39)41)50-47(51-45)33-23-21-32(22-24-33)46-38-17-7-2-12-31(38)25-27-49-46/h2-30,42H,1H3. The van der Waals surface area contributed by atoms with E-state index in [9.17, 15) is 0 Å². The molecule has 0 aliphatic heterocycles. The third-order valence-corrected chi connectivity index (χ3v) is 10.9. The van der Waals surface area contributed by atoms with Crippen molar-refractivity contribution in [2.45, 2.75) is 12.8 Å². The van der Waals surface area contributed by atoms with E-state index in [0.29, 0.717) is 5.82 Å². The van der Waals surface area contributed by atoms with Crippen molar-refractivity contribution in [3.63, 3.8) is 0 Å².